The van der Waals surface area contributed by atoms with Crippen LogP contribution in [0.5, 0.6) is 0 Å². The van der Waals surface area contributed by atoms with Gasteiger partial charge in [-0.2, -0.15) is 0 Å². The third kappa shape index (κ3) is 4.51. The monoisotopic (exact) mass is 293 g/mol. The Hall–Kier alpha value is -1.99. The van der Waals surface area contributed by atoms with Crippen LogP contribution in [-0.4, -0.2) is 5.25 Å². The van der Waals surface area contributed by atoms with Gasteiger partial charge in [-0.1, -0.05) is 67.3 Å². The van der Waals surface area contributed by atoms with Crippen LogP contribution in [0.15, 0.2) is 107 Å². The van der Waals surface area contributed by atoms with E-state index in [1.807, 2.05) is 12.2 Å². The van der Waals surface area contributed by atoms with Crippen LogP contribution >= 0.6 is 0 Å². The second kappa shape index (κ2) is 8.33. The minimum atomic E-state index is 0.0521. The number of rotatable bonds is 6. The second-order valence-electron chi connectivity index (χ2n) is 4.67. The molecule has 1 heteroatoms. The lowest BCUT2D eigenvalue weighted by atomic mass is 10.3. The van der Waals surface area contributed by atoms with Crippen LogP contribution in [0.25, 0.3) is 0 Å². The Kier molecular flexibility index (Phi) is 6.11. The van der Waals surface area contributed by atoms with Crippen LogP contribution in [0, 0.1) is 0 Å². The predicted molar refractivity (Wildman–Crippen MR) is 94.7 cm³/mol. The minimum absolute atomic E-state index is 0.0521. The first-order valence-corrected chi connectivity index (χ1v) is 8.41. The fourth-order valence-corrected chi connectivity index (χ4v) is 4.42. The maximum atomic E-state index is 3.69. The molecule has 21 heavy (non-hydrogen) atoms. The molecular weight excluding hydrogens is 272 g/mol. The highest BCUT2D eigenvalue weighted by molar-refractivity contribution is 7.97. The van der Waals surface area contributed by atoms with E-state index in [0.717, 1.165) is 0 Å². The highest BCUT2D eigenvalue weighted by Crippen LogP contribution is 2.28. The van der Waals surface area contributed by atoms with E-state index < -0.39 is 0 Å². The minimum Gasteiger partial charge on any atom is -0.0991 e. The van der Waals surface area contributed by atoms with E-state index in [2.05, 4.69) is 86.3 Å². The summed E-state index contributed by atoms with van der Waals surface area (Å²) in [5.74, 6) is 0. The largest absolute Gasteiger partial charge is 0.161 e. The zero-order chi connectivity index (χ0) is 14.9. The fraction of sp³-hybridized carbons (Fsp3) is 0.100. The molecule has 0 aliphatic rings. The highest BCUT2D eigenvalue weighted by Gasteiger charge is 2.29. The third-order valence-corrected chi connectivity index (χ3v) is 5.57. The van der Waals surface area contributed by atoms with Gasteiger partial charge in [0.1, 0.15) is 5.25 Å². The van der Waals surface area contributed by atoms with Gasteiger partial charge in [0.25, 0.3) is 0 Å². The molecule has 0 aliphatic carbocycles. The van der Waals surface area contributed by atoms with E-state index in [0.29, 0.717) is 5.25 Å². The standard InChI is InChI=1S/C20H21S/c1-3-4-5-8-13-18(2)21(19-14-9-6-10-15-19)20-16-11-7-12-17-20/h3-18H,1H2,2H3/q+1/b5-4-,13-8-. The van der Waals surface area contributed by atoms with Crippen molar-refractivity contribution in [3.63, 3.8) is 0 Å². The van der Waals surface area contributed by atoms with Crippen LogP contribution in [0.1, 0.15) is 6.92 Å². The average Bonchev–Trinajstić information content (AvgIpc) is 2.54. The van der Waals surface area contributed by atoms with E-state index in [-0.39, 0.29) is 10.9 Å². The lowest BCUT2D eigenvalue weighted by molar-refractivity contribution is 1.19. The van der Waals surface area contributed by atoms with Crippen molar-refractivity contribution in [1.82, 2.24) is 0 Å². The summed E-state index contributed by atoms with van der Waals surface area (Å²) < 4.78 is 0. The van der Waals surface area contributed by atoms with Crippen molar-refractivity contribution in [3.05, 3.63) is 97.6 Å². The quantitative estimate of drug-likeness (QED) is 0.493. The molecule has 0 nitrogen and oxygen atoms in total. The molecule has 0 N–H and O–H groups in total. The lowest BCUT2D eigenvalue weighted by Gasteiger charge is -2.12. The lowest BCUT2D eigenvalue weighted by Crippen LogP contribution is -2.16. The molecule has 106 valence electrons. The third-order valence-electron chi connectivity index (χ3n) is 3.11. The smallest absolute Gasteiger partial charge is 0.0991 e. The molecule has 0 saturated carbocycles. The van der Waals surface area contributed by atoms with Gasteiger partial charge in [-0.15, -0.1) is 0 Å². The first-order chi connectivity index (χ1) is 10.3. The Labute approximate surface area is 130 Å². The Balaban J connectivity index is 2.30. The van der Waals surface area contributed by atoms with Crippen molar-refractivity contribution < 1.29 is 0 Å². The van der Waals surface area contributed by atoms with Crippen molar-refractivity contribution in [1.29, 1.82) is 0 Å². The SMILES string of the molecule is C=C/C=C\C=C/C(C)[S+](c1ccccc1)c1ccccc1. The van der Waals surface area contributed by atoms with E-state index in [4.69, 9.17) is 0 Å². The molecule has 0 aromatic heterocycles. The van der Waals surface area contributed by atoms with Crippen LogP contribution in [0.3, 0.4) is 0 Å². The summed E-state index contributed by atoms with van der Waals surface area (Å²) in [6.07, 6.45) is 10.2. The van der Waals surface area contributed by atoms with Gasteiger partial charge in [0.15, 0.2) is 9.79 Å². The Morgan fingerprint density at radius 2 is 1.33 bits per heavy atom. The van der Waals surface area contributed by atoms with Crippen molar-refractivity contribution in [2.24, 2.45) is 0 Å². The van der Waals surface area contributed by atoms with Gasteiger partial charge in [0.05, 0.1) is 10.9 Å². The normalized spacial score (nSPS) is 13.0. The van der Waals surface area contributed by atoms with Gasteiger partial charge in [0, 0.05) is 0 Å². The molecule has 0 radical (unpaired) electrons. The van der Waals surface area contributed by atoms with E-state index >= 15 is 0 Å². The molecule has 0 saturated heterocycles. The van der Waals surface area contributed by atoms with Crippen molar-refractivity contribution in [2.75, 3.05) is 0 Å². The number of hydrogen-bond acceptors (Lipinski definition) is 0. The molecular formula is C20H21S+. The molecule has 0 fully saturated rings. The zero-order valence-corrected chi connectivity index (χ0v) is 13.2. The van der Waals surface area contributed by atoms with E-state index in [1.165, 1.54) is 9.79 Å². The number of hydrogen-bond donors (Lipinski definition) is 0. The second-order valence-corrected chi connectivity index (χ2v) is 7.04. The first kappa shape index (κ1) is 15.4. The zero-order valence-electron chi connectivity index (χ0n) is 12.4. The predicted octanol–water partition coefficient (Wildman–Crippen LogP) is 5.41. The van der Waals surface area contributed by atoms with Gasteiger partial charge < -0.3 is 0 Å². The maximum absolute atomic E-state index is 3.69. The summed E-state index contributed by atoms with van der Waals surface area (Å²) >= 11 is 0. The first-order valence-electron chi connectivity index (χ1n) is 7.12. The Morgan fingerprint density at radius 3 is 1.81 bits per heavy atom. The highest BCUT2D eigenvalue weighted by atomic mass is 32.2. The molecule has 0 spiro atoms. The van der Waals surface area contributed by atoms with Gasteiger partial charge in [-0.25, -0.2) is 0 Å². The summed E-state index contributed by atoms with van der Waals surface area (Å²) in [6, 6.07) is 21.5. The van der Waals surface area contributed by atoms with Crippen molar-refractivity contribution in [3.8, 4) is 0 Å². The van der Waals surface area contributed by atoms with Crippen molar-refractivity contribution >= 4 is 10.9 Å². The Morgan fingerprint density at radius 1 is 0.810 bits per heavy atom. The van der Waals surface area contributed by atoms with Crippen LogP contribution < -0.4 is 0 Å². The molecule has 2 rings (SSSR count). The van der Waals surface area contributed by atoms with Crippen LogP contribution in [0.4, 0.5) is 0 Å². The molecule has 2 aromatic rings. The molecule has 2 aromatic carbocycles. The number of allylic oxidation sites excluding steroid dienone is 4. The van der Waals surface area contributed by atoms with Crippen LogP contribution in [-0.2, 0) is 10.9 Å². The van der Waals surface area contributed by atoms with Gasteiger partial charge in [0.2, 0.25) is 0 Å². The summed E-state index contributed by atoms with van der Waals surface area (Å²) in [5.41, 5.74) is 0. The van der Waals surface area contributed by atoms with Gasteiger partial charge in [-0.3, -0.25) is 0 Å². The summed E-state index contributed by atoms with van der Waals surface area (Å²) in [4.78, 5) is 2.77. The van der Waals surface area contributed by atoms with Crippen LogP contribution in [0.2, 0.25) is 0 Å². The van der Waals surface area contributed by atoms with E-state index in [1.54, 1.807) is 6.08 Å². The molecule has 0 amide bonds. The maximum Gasteiger partial charge on any atom is 0.161 e. The molecule has 0 bridgehead atoms. The molecule has 1 unspecified atom stereocenters. The molecule has 1 atom stereocenters. The van der Waals surface area contributed by atoms with Gasteiger partial charge in [-0.05, 0) is 37.3 Å². The number of benzene rings is 2. The summed E-state index contributed by atoms with van der Waals surface area (Å²) in [5, 5.41) is 0.448. The topological polar surface area (TPSA) is 0 Å². The summed E-state index contributed by atoms with van der Waals surface area (Å²) in [7, 11) is 0.0521. The fourth-order valence-electron chi connectivity index (χ4n) is 2.14. The van der Waals surface area contributed by atoms with E-state index in [9.17, 15) is 0 Å². The van der Waals surface area contributed by atoms with Crippen molar-refractivity contribution in [2.45, 2.75) is 22.0 Å². The average molecular weight is 293 g/mol. The summed E-state index contributed by atoms with van der Waals surface area (Å²) in [6.45, 7) is 5.97. The molecule has 0 aliphatic heterocycles. The Bertz CT molecular complexity index is 557. The van der Waals surface area contributed by atoms with Gasteiger partial charge >= 0.3 is 0 Å². The molecule has 0 heterocycles.